The highest BCUT2D eigenvalue weighted by Crippen LogP contribution is 2.26. The fourth-order valence-corrected chi connectivity index (χ4v) is 2.68. The number of nitrogens with zero attached hydrogens (tertiary/aromatic N) is 2. The van der Waals surface area contributed by atoms with Crippen molar-refractivity contribution in [2.45, 2.75) is 13.0 Å². The molecular formula is C19H18N2O4. The summed E-state index contributed by atoms with van der Waals surface area (Å²) in [6.07, 6.45) is 0.298. The summed E-state index contributed by atoms with van der Waals surface area (Å²) in [4.78, 5) is 11.5. The summed E-state index contributed by atoms with van der Waals surface area (Å²) < 4.78 is 6.48. The number of benzene rings is 2. The minimum absolute atomic E-state index is 0.135. The highest BCUT2D eigenvalue weighted by molar-refractivity contribution is 5.88. The number of ether oxygens (including phenoxy) is 1. The van der Waals surface area contributed by atoms with Crippen molar-refractivity contribution in [2.75, 3.05) is 7.11 Å². The Labute approximate surface area is 144 Å². The van der Waals surface area contributed by atoms with Crippen LogP contribution in [0.3, 0.4) is 0 Å². The van der Waals surface area contributed by atoms with Crippen molar-refractivity contribution in [1.82, 2.24) is 9.78 Å². The van der Waals surface area contributed by atoms with E-state index in [4.69, 9.17) is 4.74 Å². The summed E-state index contributed by atoms with van der Waals surface area (Å²) in [5.74, 6) is -0.609. The molecule has 1 heterocycles. The van der Waals surface area contributed by atoms with Gasteiger partial charge in [-0.3, -0.25) is 0 Å². The molecule has 0 saturated heterocycles. The molecule has 2 aromatic carbocycles. The van der Waals surface area contributed by atoms with Gasteiger partial charge >= 0.3 is 5.97 Å². The molecule has 0 saturated carbocycles. The van der Waals surface area contributed by atoms with Gasteiger partial charge in [-0.05, 0) is 23.3 Å². The normalized spacial score (nSPS) is 10.6. The average Bonchev–Trinajstić information content (AvgIpc) is 2.92. The lowest BCUT2D eigenvalue weighted by atomic mass is 10.1. The van der Waals surface area contributed by atoms with E-state index in [0.717, 1.165) is 11.1 Å². The summed E-state index contributed by atoms with van der Waals surface area (Å²) in [5.41, 5.74) is 1.92. The molecule has 128 valence electrons. The molecule has 0 radical (unpaired) electrons. The van der Waals surface area contributed by atoms with Crippen LogP contribution in [0.5, 0.6) is 11.6 Å². The van der Waals surface area contributed by atoms with E-state index in [2.05, 4.69) is 5.10 Å². The third-order valence-electron chi connectivity index (χ3n) is 3.91. The first-order valence-corrected chi connectivity index (χ1v) is 7.77. The Kier molecular flexibility index (Phi) is 4.70. The van der Waals surface area contributed by atoms with Gasteiger partial charge in [-0.2, -0.15) is 5.10 Å². The number of carboxylic acid groups (broad SMARTS) is 1. The molecule has 1 aromatic heterocycles. The van der Waals surface area contributed by atoms with Crippen LogP contribution in [0.2, 0.25) is 0 Å². The highest BCUT2D eigenvalue weighted by atomic mass is 16.5. The number of aromatic carboxylic acids is 1. The van der Waals surface area contributed by atoms with Gasteiger partial charge in [0.15, 0.2) is 5.69 Å². The van der Waals surface area contributed by atoms with Crippen molar-refractivity contribution in [2.24, 2.45) is 0 Å². The minimum Gasteiger partial charge on any atom is -0.497 e. The van der Waals surface area contributed by atoms with Crippen LogP contribution < -0.4 is 4.74 Å². The van der Waals surface area contributed by atoms with Crippen LogP contribution >= 0.6 is 0 Å². The number of aromatic hydroxyl groups is 1. The number of methoxy groups -OCH3 is 1. The Morgan fingerprint density at radius 2 is 1.84 bits per heavy atom. The van der Waals surface area contributed by atoms with E-state index in [1.54, 1.807) is 7.11 Å². The number of hydrogen-bond donors (Lipinski definition) is 2. The monoisotopic (exact) mass is 338 g/mol. The third kappa shape index (κ3) is 3.63. The van der Waals surface area contributed by atoms with Gasteiger partial charge in [-0.25, -0.2) is 9.48 Å². The number of carboxylic acids is 1. The van der Waals surface area contributed by atoms with Crippen LogP contribution in [0.1, 0.15) is 27.2 Å². The fourth-order valence-electron chi connectivity index (χ4n) is 2.68. The molecule has 0 unspecified atom stereocenters. The second-order valence-corrected chi connectivity index (χ2v) is 5.63. The topological polar surface area (TPSA) is 84.6 Å². The van der Waals surface area contributed by atoms with Gasteiger partial charge in [0.25, 0.3) is 0 Å². The number of hydrogen-bond acceptors (Lipinski definition) is 4. The number of carbonyl (C=O) groups is 1. The van der Waals surface area contributed by atoms with Crippen LogP contribution in [0, 0.1) is 0 Å². The number of aromatic nitrogens is 2. The molecule has 0 bridgehead atoms. The maximum atomic E-state index is 11.5. The molecule has 0 atom stereocenters. The van der Waals surface area contributed by atoms with Gasteiger partial charge in [0, 0.05) is 6.42 Å². The predicted molar refractivity (Wildman–Crippen MR) is 92.2 cm³/mol. The molecule has 3 aromatic rings. The van der Waals surface area contributed by atoms with E-state index < -0.39 is 5.97 Å². The molecule has 3 rings (SSSR count). The van der Waals surface area contributed by atoms with Gasteiger partial charge in [0.05, 0.1) is 19.2 Å². The van der Waals surface area contributed by atoms with Crippen molar-refractivity contribution >= 4 is 5.97 Å². The van der Waals surface area contributed by atoms with Crippen molar-refractivity contribution in [3.8, 4) is 11.6 Å². The second-order valence-electron chi connectivity index (χ2n) is 5.63. The quantitative estimate of drug-likeness (QED) is 0.722. The molecule has 2 N–H and O–H groups in total. The average molecular weight is 338 g/mol. The maximum absolute atomic E-state index is 11.5. The summed E-state index contributed by atoms with van der Waals surface area (Å²) >= 11 is 0. The highest BCUT2D eigenvalue weighted by Gasteiger charge is 2.22. The van der Waals surface area contributed by atoms with Crippen molar-refractivity contribution in [3.63, 3.8) is 0 Å². The zero-order valence-electron chi connectivity index (χ0n) is 13.7. The standard InChI is InChI=1S/C19H18N2O4/c1-25-15-9-5-8-14(10-15)12-21-18(22)16(17(20-21)19(23)24)11-13-6-3-2-4-7-13/h2-10,22H,11-12H2,1H3,(H,23,24). The first-order chi connectivity index (χ1) is 12.1. The molecule has 0 fully saturated rings. The second kappa shape index (κ2) is 7.09. The van der Waals surface area contributed by atoms with Crippen molar-refractivity contribution < 1.29 is 19.7 Å². The van der Waals surface area contributed by atoms with Gasteiger partial charge in [-0.15, -0.1) is 0 Å². The predicted octanol–water partition coefficient (Wildman–Crippen LogP) is 2.93. The van der Waals surface area contributed by atoms with Gasteiger partial charge < -0.3 is 14.9 Å². The molecule has 0 aliphatic rings. The van der Waals surface area contributed by atoms with E-state index in [9.17, 15) is 15.0 Å². The Balaban J connectivity index is 1.95. The molecule has 0 aliphatic carbocycles. The zero-order valence-corrected chi connectivity index (χ0v) is 13.7. The minimum atomic E-state index is -1.16. The van der Waals surface area contributed by atoms with Crippen molar-refractivity contribution in [1.29, 1.82) is 0 Å². The summed E-state index contributed by atoms with van der Waals surface area (Å²) in [5, 5.41) is 24.0. The van der Waals surface area contributed by atoms with E-state index in [0.29, 0.717) is 17.7 Å². The SMILES string of the molecule is COc1cccc(Cn2nc(C(=O)O)c(Cc3ccccc3)c2O)c1. The smallest absolute Gasteiger partial charge is 0.356 e. The largest absolute Gasteiger partial charge is 0.497 e. The molecule has 0 aliphatic heterocycles. The fraction of sp³-hybridized carbons (Fsp3) is 0.158. The lowest BCUT2D eigenvalue weighted by Gasteiger charge is -2.06. The summed E-state index contributed by atoms with van der Waals surface area (Å²) in [6.45, 7) is 0.248. The van der Waals surface area contributed by atoms with Gasteiger partial charge in [-0.1, -0.05) is 42.5 Å². The van der Waals surface area contributed by atoms with Crippen LogP contribution in [-0.2, 0) is 13.0 Å². The van der Waals surface area contributed by atoms with Crippen molar-refractivity contribution in [3.05, 3.63) is 77.0 Å². The maximum Gasteiger partial charge on any atom is 0.356 e. The summed E-state index contributed by atoms with van der Waals surface area (Å²) in [7, 11) is 1.57. The molecule has 0 spiro atoms. The van der Waals surface area contributed by atoms with E-state index >= 15 is 0 Å². The Morgan fingerprint density at radius 1 is 1.12 bits per heavy atom. The third-order valence-corrected chi connectivity index (χ3v) is 3.91. The van der Waals surface area contributed by atoms with E-state index in [-0.39, 0.29) is 18.1 Å². The molecular weight excluding hydrogens is 320 g/mol. The van der Waals surface area contributed by atoms with Crippen LogP contribution in [-0.4, -0.2) is 33.1 Å². The Hall–Kier alpha value is -3.28. The lowest BCUT2D eigenvalue weighted by Crippen LogP contribution is -2.05. The van der Waals surface area contributed by atoms with Crippen LogP contribution in [0.4, 0.5) is 0 Å². The Morgan fingerprint density at radius 3 is 2.52 bits per heavy atom. The molecule has 6 nitrogen and oxygen atoms in total. The first kappa shape index (κ1) is 16.6. The van der Waals surface area contributed by atoms with Crippen LogP contribution in [0.15, 0.2) is 54.6 Å². The van der Waals surface area contributed by atoms with Gasteiger partial charge in [0.1, 0.15) is 5.75 Å². The Bertz CT molecular complexity index is 888. The lowest BCUT2D eigenvalue weighted by molar-refractivity contribution is 0.0688. The molecule has 6 heteroatoms. The molecule has 25 heavy (non-hydrogen) atoms. The van der Waals surface area contributed by atoms with Gasteiger partial charge in [0.2, 0.25) is 5.88 Å². The zero-order chi connectivity index (χ0) is 17.8. The summed E-state index contributed by atoms with van der Waals surface area (Å²) in [6, 6.07) is 16.7. The number of rotatable bonds is 6. The van der Waals surface area contributed by atoms with E-state index in [1.807, 2.05) is 54.6 Å². The van der Waals surface area contributed by atoms with Crippen LogP contribution in [0.25, 0.3) is 0 Å². The van der Waals surface area contributed by atoms with E-state index in [1.165, 1.54) is 4.68 Å². The molecule has 0 amide bonds. The first-order valence-electron chi connectivity index (χ1n) is 7.77.